The summed E-state index contributed by atoms with van der Waals surface area (Å²) in [5.74, 6) is -2.56. The van der Waals surface area contributed by atoms with E-state index in [4.69, 9.17) is 22.1 Å². The maximum absolute atomic E-state index is 13.2. The van der Waals surface area contributed by atoms with Gasteiger partial charge in [-0.15, -0.1) is 5.10 Å². The second-order valence-electron chi connectivity index (χ2n) is 9.88. The number of nitrogens with two attached hydrogens (primary N) is 1. The molecule has 11 nitrogen and oxygen atoms in total. The SMILES string of the molecule is CC(C)N(OC(=O)C(F)(F)F)C(=O)[C@H]1CN(C2CCN(c3n[nH]c(N)n3)CC2)[C@@H](Cc2ccc(Cl)cc2)CO1. The van der Waals surface area contributed by atoms with Gasteiger partial charge in [0, 0.05) is 36.7 Å². The maximum Gasteiger partial charge on any atom is 0.493 e. The van der Waals surface area contributed by atoms with Gasteiger partial charge in [-0.05, 0) is 50.8 Å². The van der Waals surface area contributed by atoms with Gasteiger partial charge in [0.25, 0.3) is 5.91 Å². The zero-order valence-electron chi connectivity index (χ0n) is 21.5. The van der Waals surface area contributed by atoms with Crippen LogP contribution in [0.15, 0.2) is 24.3 Å². The van der Waals surface area contributed by atoms with Crippen LogP contribution >= 0.6 is 11.6 Å². The first kappa shape index (κ1) is 28.9. The molecule has 0 saturated carbocycles. The van der Waals surface area contributed by atoms with Gasteiger partial charge in [0.15, 0.2) is 6.10 Å². The van der Waals surface area contributed by atoms with Gasteiger partial charge in [-0.1, -0.05) is 23.7 Å². The number of morpholine rings is 1. The van der Waals surface area contributed by atoms with Crippen LogP contribution in [0.2, 0.25) is 5.02 Å². The molecule has 2 atom stereocenters. The van der Waals surface area contributed by atoms with Crippen molar-refractivity contribution in [1.29, 1.82) is 0 Å². The third-order valence-corrected chi connectivity index (χ3v) is 7.05. The fourth-order valence-corrected chi connectivity index (χ4v) is 5.00. The Balaban J connectivity index is 1.50. The highest BCUT2D eigenvalue weighted by molar-refractivity contribution is 6.30. The van der Waals surface area contributed by atoms with Gasteiger partial charge in [0.2, 0.25) is 11.9 Å². The lowest BCUT2D eigenvalue weighted by Gasteiger charge is -2.46. The molecule has 15 heteroatoms. The number of hydrogen-bond acceptors (Lipinski definition) is 9. The molecule has 2 fully saturated rings. The lowest BCUT2D eigenvalue weighted by Crippen LogP contribution is -2.61. The summed E-state index contributed by atoms with van der Waals surface area (Å²) < 4.78 is 44.4. The molecule has 2 saturated heterocycles. The minimum absolute atomic E-state index is 0.0549. The van der Waals surface area contributed by atoms with Gasteiger partial charge >= 0.3 is 12.1 Å². The van der Waals surface area contributed by atoms with Crippen molar-refractivity contribution in [3.05, 3.63) is 34.9 Å². The first-order chi connectivity index (χ1) is 18.4. The number of nitrogens with one attached hydrogen (secondary N) is 1. The van der Waals surface area contributed by atoms with Crippen LogP contribution in [-0.2, 0) is 25.6 Å². The van der Waals surface area contributed by atoms with Crippen LogP contribution in [0.3, 0.4) is 0 Å². The van der Waals surface area contributed by atoms with Crippen LogP contribution in [0.1, 0.15) is 32.3 Å². The van der Waals surface area contributed by atoms with E-state index >= 15 is 0 Å². The maximum atomic E-state index is 13.2. The third kappa shape index (κ3) is 7.11. The fourth-order valence-electron chi connectivity index (χ4n) is 4.87. The standard InChI is InChI=1S/C24H31ClF3N7O4/c1-14(2)35(39-21(37)24(26,27)28)20(36)19-12-34(18(13-38-19)11-15-3-5-16(25)6-4-15)17-7-9-33(10-8-17)23-30-22(29)31-32-23/h3-6,14,17-19H,7-13H2,1-2H3,(H3,29,30,31,32)/t18-,19+/m0/s1. The third-order valence-electron chi connectivity index (χ3n) is 6.80. The number of carbonyl (C=O) groups is 2. The zero-order valence-corrected chi connectivity index (χ0v) is 22.3. The topological polar surface area (TPSA) is 130 Å². The molecule has 39 heavy (non-hydrogen) atoms. The predicted molar refractivity (Wildman–Crippen MR) is 136 cm³/mol. The van der Waals surface area contributed by atoms with Crippen LogP contribution < -0.4 is 10.6 Å². The average molecular weight is 574 g/mol. The minimum Gasteiger partial charge on any atom is -0.368 e. The zero-order chi connectivity index (χ0) is 28.3. The molecule has 2 aromatic rings. The summed E-state index contributed by atoms with van der Waals surface area (Å²) >= 11 is 6.04. The van der Waals surface area contributed by atoms with Crippen molar-refractivity contribution in [3.8, 4) is 0 Å². The van der Waals surface area contributed by atoms with E-state index in [2.05, 4.69) is 24.9 Å². The number of benzene rings is 1. The van der Waals surface area contributed by atoms with Crippen LogP contribution in [-0.4, -0.2) is 93.7 Å². The molecule has 0 unspecified atom stereocenters. The number of ether oxygens (including phenoxy) is 1. The molecule has 0 aliphatic carbocycles. The Bertz CT molecular complexity index is 1140. The Labute approximate surface area is 228 Å². The number of aromatic nitrogens is 3. The monoisotopic (exact) mass is 573 g/mol. The Morgan fingerprint density at radius 1 is 1.26 bits per heavy atom. The van der Waals surface area contributed by atoms with Gasteiger partial charge in [-0.3, -0.25) is 9.69 Å². The molecule has 4 rings (SSSR count). The number of H-pyrrole nitrogens is 1. The quantitative estimate of drug-likeness (QED) is 0.501. The van der Waals surface area contributed by atoms with Gasteiger partial charge in [0.05, 0.1) is 12.6 Å². The number of hydroxylamine groups is 2. The summed E-state index contributed by atoms with van der Waals surface area (Å²) in [5, 5.41) is 7.81. The number of nitrogens with zero attached hydrogens (tertiary/aromatic N) is 5. The van der Waals surface area contributed by atoms with E-state index in [9.17, 15) is 22.8 Å². The van der Waals surface area contributed by atoms with E-state index < -0.39 is 30.2 Å². The molecule has 2 aliphatic heterocycles. The Hall–Kier alpha value is -3.10. The molecular formula is C24H31ClF3N7O4. The lowest BCUT2D eigenvalue weighted by molar-refractivity contribution is -0.246. The highest BCUT2D eigenvalue weighted by Gasteiger charge is 2.46. The molecule has 2 aliphatic rings. The summed E-state index contributed by atoms with van der Waals surface area (Å²) in [5.41, 5.74) is 6.68. The number of hydrogen-bond donors (Lipinski definition) is 2. The molecule has 0 bridgehead atoms. The summed E-state index contributed by atoms with van der Waals surface area (Å²) in [6, 6.07) is 6.57. The van der Waals surface area contributed by atoms with Crippen LogP contribution in [0.4, 0.5) is 25.1 Å². The van der Waals surface area contributed by atoms with E-state index in [1.165, 1.54) is 13.8 Å². The summed E-state index contributed by atoms with van der Waals surface area (Å²) in [4.78, 5) is 37.5. The van der Waals surface area contributed by atoms with E-state index in [0.29, 0.717) is 35.5 Å². The number of anilines is 2. The van der Waals surface area contributed by atoms with Gasteiger partial charge in [-0.25, -0.2) is 9.89 Å². The van der Waals surface area contributed by atoms with E-state index in [-0.39, 0.29) is 31.2 Å². The largest absolute Gasteiger partial charge is 0.493 e. The van der Waals surface area contributed by atoms with E-state index in [0.717, 1.165) is 18.4 Å². The Morgan fingerprint density at radius 3 is 2.49 bits per heavy atom. The Kier molecular flexibility index (Phi) is 8.86. The molecule has 214 valence electrons. The first-order valence-corrected chi connectivity index (χ1v) is 13.0. The molecule has 3 N–H and O–H groups in total. The number of rotatable bonds is 6. The molecule has 3 heterocycles. The highest BCUT2D eigenvalue weighted by atomic mass is 35.5. The number of aromatic amines is 1. The van der Waals surface area contributed by atoms with E-state index in [1.807, 2.05) is 17.0 Å². The summed E-state index contributed by atoms with van der Waals surface area (Å²) in [6.45, 7) is 4.49. The normalized spacial score (nSPS) is 21.3. The van der Waals surface area contributed by atoms with Gasteiger partial charge in [0.1, 0.15) is 0 Å². The molecule has 1 amide bonds. The first-order valence-electron chi connectivity index (χ1n) is 12.6. The fraction of sp³-hybridized carbons (Fsp3) is 0.583. The highest BCUT2D eigenvalue weighted by Crippen LogP contribution is 2.28. The lowest BCUT2D eigenvalue weighted by atomic mass is 9.96. The van der Waals surface area contributed by atoms with Gasteiger partial charge in [-0.2, -0.15) is 23.2 Å². The minimum atomic E-state index is -5.24. The number of carbonyl (C=O) groups excluding carboxylic acids is 2. The van der Waals surface area contributed by atoms with Crippen LogP contribution in [0.5, 0.6) is 0 Å². The van der Waals surface area contributed by atoms with Crippen molar-refractivity contribution < 1.29 is 32.3 Å². The number of halogens is 4. The molecule has 1 aromatic carbocycles. The van der Waals surface area contributed by atoms with Gasteiger partial charge < -0.3 is 20.2 Å². The van der Waals surface area contributed by atoms with Crippen LogP contribution in [0, 0.1) is 0 Å². The average Bonchev–Trinajstić information content (AvgIpc) is 3.34. The predicted octanol–water partition coefficient (Wildman–Crippen LogP) is 2.58. The smallest absolute Gasteiger partial charge is 0.368 e. The van der Waals surface area contributed by atoms with Crippen molar-refractivity contribution >= 4 is 35.4 Å². The van der Waals surface area contributed by atoms with Crippen LogP contribution in [0.25, 0.3) is 0 Å². The van der Waals surface area contributed by atoms with Crippen molar-refractivity contribution in [2.75, 3.05) is 36.9 Å². The molecule has 0 radical (unpaired) electrons. The second kappa shape index (κ2) is 12.0. The summed E-state index contributed by atoms with van der Waals surface area (Å²) in [7, 11) is 0. The van der Waals surface area contributed by atoms with Crippen molar-refractivity contribution in [3.63, 3.8) is 0 Å². The second-order valence-corrected chi connectivity index (χ2v) is 10.3. The summed E-state index contributed by atoms with van der Waals surface area (Å²) in [6.07, 6.45) is -4.28. The number of nitrogen functional groups attached to an aromatic ring is 1. The van der Waals surface area contributed by atoms with Crippen molar-refractivity contribution in [2.45, 2.75) is 63.5 Å². The van der Waals surface area contributed by atoms with Crippen molar-refractivity contribution in [1.82, 2.24) is 25.1 Å². The van der Waals surface area contributed by atoms with E-state index in [1.54, 1.807) is 12.1 Å². The molecule has 0 spiro atoms. The number of piperidine rings is 1. The van der Waals surface area contributed by atoms with Crippen molar-refractivity contribution in [2.24, 2.45) is 0 Å². The molecule has 1 aromatic heterocycles. The Morgan fingerprint density at radius 2 is 1.92 bits per heavy atom. The number of amides is 1. The molecular weight excluding hydrogens is 543 g/mol. The number of alkyl halides is 3.